The second kappa shape index (κ2) is 6.99. The van der Waals surface area contributed by atoms with Gasteiger partial charge in [-0.1, -0.05) is 6.07 Å². The number of ether oxygens (including phenoxy) is 1. The van der Waals surface area contributed by atoms with Gasteiger partial charge in [0.05, 0.1) is 17.8 Å². The number of thiazole rings is 1. The van der Waals surface area contributed by atoms with E-state index in [1.54, 1.807) is 11.3 Å². The maximum Gasteiger partial charge on any atom is 0.312 e. The van der Waals surface area contributed by atoms with Crippen molar-refractivity contribution in [2.45, 2.75) is 26.3 Å². The van der Waals surface area contributed by atoms with Gasteiger partial charge in [0.1, 0.15) is 6.42 Å². The average Bonchev–Trinajstić information content (AvgIpc) is 2.83. The Hall–Kier alpha value is -1.75. The number of nitrogens with zero attached hydrogens (tertiary/aromatic N) is 2. The average molecular weight is 277 g/mol. The lowest BCUT2D eigenvalue weighted by Gasteiger charge is -2.03. The molecule has 2 aromatic heterocycles. The maximum atomic E-state index is 11.6. The first-order valence-electron chi connectivity index (χ1n) is 6.24. The Morgan fingerprint density at radius 3 is 2.84 bits per heavy atom. The van der Waals surface area contributed by atoms with E-state index < -0.39 is 0 Å². The molecule has 5 heteroatoms. The quantitative estimate of drug-likeness (QED) is 0.598. The van der Waals surface area contributed by atoms with Crippen LogP contribution in [-0.4, -0.2) is 17.6 Å². The van der Waals surface area contributed by atoms with Crippen molar-refractivity contribution in [1.29, 1.82) is 0 Å². The summed E-state index contributed by atoms with van der Waals surface area (Å²) in [6.45, 7) is 3.06. The van der Waals surface area contributed by atoms with Gasteiger partial charge < -0.3 is 4.74 Å². The van der Waals surface area contributed by atoms with E-state index in [1.165, 1.54) is 4.88 Å². The summed E-state index contributed by atoms with van der Waals surface area (Å²) in [6.07, 6.45) is 5.03. The van der Waals surface area contributed by atoms with Crippen molar-refractivity contribution in [3.8, 4) is 0 Å². The van der Waals surface area contributed by atoms with E-state index in [9.17, 15) is 4.79 Å². The molecule has 0 saturated carbocycles. The normalized spacial score (nSPS) is 10.4. The largest absolute Gasteiger partial charge is 0.465 e. The predicted octanol–water partition coefficient (Wildman–Crippen LogP) is 1.92. The lowest BCUT2D eigenvalue weighted by atomic mass is 10.3. The third kappa shape index (κ3) is 4.44. The van der Waals surface area contributed by atoms with Crippen molar-refractivity contribution in [3.05, 3.63) is 46.7 Å². The molecule has 0 aliphatic carbocycles. The van der Waals surface area contributed by atoms with Crippen LogP contribution < -0.4 is 4.57 Å². The van der Waals surface area contributed by atoms with E-state index in [4.69, 9.17) is 4.74 Å². The fourth-order valence-corrected chi connectivity index (χ4v) is 2.46. The molecule has 19 heavy (non-hydrogen) atoms. The van der Waals surface area contributed by atoms with E-state index in [-0.39, 0.29) is 5.97 Å². The number of aryl methyl sites for hydroxylation is 2. The molecule has 2 rings (SSSR count). The number of carbonyl (C=O) groups excluding carboxylic acids is 1. The van der Waals surface area contributed by atoms with Crippen molar-refractivity contribution >= 4 is 17.3 Å². The molecule has 0 saturated heterocycles. The third-order valence-electron chi connectivity index (χ3n) is 2.79. The fourth-order valence-electron chi connectivity index (χ4n) is 1.70. The molecule has 2 heterocycles. The van der Waals surface area contributed by atoms with E-state index in [0.717, 1.165) is 12.1 Å². The van der Waals surface area contributed by atoms with Crippen molar-refractivity contribution < 1.29 is 14.1 Å². The van der Waals surface area contributed by atoms with Gasteiger partial charge in [-0.25, -0.2) is 9.55 Å². The Morgan fingerprint density at radius 2 is 2.16 bits per heavy atom. The minimum Gasteiger partial charge on any atom is -0.465 e. The minimum atomic E-state index is -0.154. The van der Waals surface area contributed by atoms with Crippen molar-refractivity contribution in [3.63, 3.8) is 0 Å². The SMILES string of the molecule is Cc1ncsc1CCOC(=O)CC[n+]1ccccc1. The van der Waals surface area contributed by atoms with Crippen LogP contribution in [0.25, 0.3) is 0 Å². The van der Waals surface area contributed by atoms with Gasteiger partial charge in [0.25, 0.3) is 0 Å². The molecule has 0 atom stereocenters. The lowest BCUT2D eigenvalue weighted by Crippen LogP contribution is -2.33. The summed E-state index contributed by atoms with van der Waals surface area (Å²) in [6, 6.07) is 5.84. The molecule has 0 unspecified atom stereocenters. The molecule has 4 nitrogen and oxygen atoms in total. The van der Waals surface area contributed by atoms with Crippen LogP contribution >= 0.6 is 11.3 Å². The second-order valence-corrected chi connectivity index (χ2v) is 5.13. The molecule has 0 fully saturated rings. The lowest BCUT2D eigenvalue weighted by molar-refractivity contribution is -0.696. The first kappa shape index (κ1) is 13.7. The van der Waals surface area contributed by atoms with Crippen LogP contribution in [0.4, 0.5) is 0 Å². The maximum absolute atomic E-state index is 11.6. The summed E-state index contributed by atoms with van der Waals surface area (Å²) < 4.78 is 7.19. The highest BCUT2D eigenvalue weighted by atomic mass is 32.1. The Bertz CT molecular complexity index is 525. The summed E-state index contributed by atoms with van der Waals surface area (Å²) in [5, 5.41) is 0. The highest BCUT2D eigenvalue weighted by Gasteiger charge is 2.08. The fraction of sp³-hybridized carbons (Fsp3) is 0.357. The number of carbonyl (C=O) groups is 1. The van der Waals surface area contributed by atoms with E-state index in [0.29, 0.717) is 19.6 Å². The van der Waals surface area contributed by atoms with Gasteiger partial charge in [-0.15, -0.1) is 11.3 Å². The van der Waals surface area contributed by atoms with Gasteiger partial charge in [0.2, 0.25) is 0 Å². The summed E-state index contributed by atoms with van der Waals surface area (Å²) in [5.41, 5.74) is 2.85. The molecule has 2 aromatic rings. The van der Waals surface area contributed by atoms with Crippen molar-refractivity contribution in [2.24, 2.45) is 0 Å². The highest BCUT2D eigenvalue weighted by Crippen LogP contribution is 2.12. The zero-order valence-corrected chi connectivity index (χ0v) is 11.7. The van der Waals surface area contributed by atoms with Crippen molar-refractivity contribution in [2.75, 3.05) is 6.61 Å². The molecule has 0 bridgehead atoms. The molecule has 0 radical (unpaired) electrons. The standard InChI is InChI=1S/C14H17N2O2S/c1-12-13(19-11-15-12)6-10-18-14(17)5-9-16-7-3-2-4-8-16/h2-4,7-8,11H,5-6,9-10H2,1H3/q+1. The summed E-state index contributed by atoms with van der Waals surface area (Å²) in [4.78, 5) is 16.9. The van der Waals surface area contributed by atoms with Gasteiger partial charge in [-0.2, -0.15) is 0 Å². The van der Waals surface area contributed by atoms with Crippen LogP contribution in [0.1, 0.15) is 17.0 Å². The Balaban J connectivity index is 1.66. The first-order chi connectivity index (χ1) is 9.25. The number of hydrogen-bond acceptors (Lipinski definition) is 4. The third-order valence-corrected chi connectivity index (χ3v) is 3.78. The van der Waals surface area contributed by atoms with Crippen LogP contribution in [0, 0.1) is 6.92 Å². The summed E-state index contributed by atoms with van der Waals surface area (Å²) in [7, 11) is 0. The van der Waals surface area contributed by atoms with Gasteiger partial charge in [-0.05, 0) is 6.92 Å². The molecular weight excluding hydrogens is 260 g/mol. The second-order valence-electron chi connectivity index (χ2n) is 4.19. The molecule has 100 valence electrons. The van der Waals surface area contributed by atoms with Crippen LogP contribution in [0.2, 0.25) is 0 Å². The molecule has 0 aliphatic heterocycles. The van der Waals surface area contributed by atoms with Crippen LogP contribution in [0.5, 0.6) is 0 Å². The Morgan fingerprint density at radius 1 is 1.37 bits per heavy atom. The monoisotopic (exact) mass is 277 g/mol. The smallest absolute Gasteiger partial charge is 0.312 e. The van der Waals surface area contributed by atoms with Crippen molar-refractivity contribution in [1.82, 2.24) is 4.98 Å². The molecule has 0 spiro atoms. The predicted molar refractivity (Wildman–Crippen MR) is 72.8 cm³/mol. The Kier molecular flexibility index (Phi) is 5.03. The molecule has 0 aromatic carbocycles. The van der Waals surface area contributed by atoms with Gasteiger partial charge in [0, 0.05) is 23.4 Å². The minimum absolute atomic E-state index is 0.154. The number of esters is 1. The zero-order chi connectivity index (χ0) is 13.5. The van der Waals surface area contributed by atoms with Gasteiger partial charge in [0.15, 0.2) is 18.9 Å². The molecule has 0 amide bonds. The molecule has 0 N–H and O–H groups in total. The summed E-state index contributed by atoms with van der Waals surface area (Å²) >= 11 is 1.60. The van der Waals surface area contributed by atoms with Crippen LogP contribution in [0.3, 0.4) is 0 Å². The highest BCUT2D eigenvalue weighted by molar-refractivity contribution is 7.09. The van der Waals surface area contributed by atoms with E-state index in [1.807, 2.05) is 47.6 Å². The van der Waals surface area contributed by atoms with E-state index in [2.05, 4.69) is 4.98 Å². The number of pyridine rings is 1. The zero-order valence-electron chi connectivity index (χ0n) is 10.9. The first-order valence-corrected chi connectivity index (χ1v) is 7.12. The van der Waals surface area contributed by atoms with Crippen LogP contribution in [0.15, 0.2) is 36.1 Å². The van der Waals surface area contributed by atoms with E-state index >= 15 is 0 Å². The summed E-state index contributed by atoms with van der Waals surface area (Å²) in [5.74, 6) is -0.154. The molecule has 0 aliphatic rings. The van der Waals surface area contributed by atoms with Crippen LogP contribution in [-0.2, 0) is 22.5 Å². The van der Waals surface area contributed by atoms with Gasteiger partial charge >= 0.3 is 5.97 Å². The molecular formula is C14H17N2O2S+. The number of hydrogen-bond donors (Lipinski definition) is 0. The van der Waals surface area contributed by atoms with Gasteiger partial charge in [-0.3, -0.25) is 4.79 Å². The topological polar surface area (TPSA) is 43.1 Å². The number of aromatic nitrogens is 2. The number of rotatable bonds is 6. The Labute approximate surface area is 116 Å².